The lowest BCUT2D eigenvalue weighted by Crippen LogP contribution is -2.57. The largest absolute Gasteiger partial charge is 0.343 e. The molecule has 4 atom stereocenters. The van der Waals surface area contributed by atoms with Gasteiger partial charge in [0.25, 0.3) is 0 Å². The summed E-state index contributed by atoms with van der Waals surface area (Å²) in [4.78, 5) is 41.7. The van der Waals surface area contributed by atoms with Crippen LogP contribution in [0.5, 0.6) is 0 Å². The number of likely N-dealkylation sites (N-methyl/N-ethyl adjacent to an activating group) is 1. The van der Waals surface area contributed by atoms with E-state index < -0.39 is 18.1 Å². The van der Waals surface area contributed by atoms with Gasteiger partial charge in [0.1, 0.15) is 17.9 Å². The predicted molar refractivity (Wildman–Crippen MR) is 142 cm³/mol. The van der Waals surface area contributed by atoms with Crippen LogP contribution in [0.3, 0.4) is 0 Å². The van der Waals surface area contributed by atoms with Crippen molar-refractivity contribution < 1.29 is 14.4 Å². The smallest absolute Gasteiger partial charge is 0.248 e. The van der Waals surface area contributed by atoms with E-state index in [0.717, 1.165) is 49.4 Å². The number of hydrogen-bond acceptors (Lipinski definition) is 5. The van der Waals surface area contributed by atoms with Gasteiger partial charge in [-0.05, 0) is 50.1 Å². The van der Waals surface area contributed by atoms with Crippen LogP contribution in [0.4, 0.5) is 5.82 Å². The van der Waals surface area contributed by atoms with Gasteiger partial charge in [0.2, 0.25) is 17.7 Å². The number of nitrogens with zero attached hydrogens (tertiary/aromatic N) is 3. The van der Waals surface area contributed by atoms with Gasteiger partial charge in [-0.2, -0.15) is 5.10 Å². The first-order valence-corrected chi connectivity index (χ1v) is 13.8. The van der Waals surface area contributed by atoms with Crippen molar-refractivity contribution in [1.29, 1.82) is 0 Å². The second kappa shape index (κ2) is 12.2. The Morgan fingerprint density at radius 3 is 2.64 bits per heavy atom. The van der Waals surface area contributed by atoms with Crippen LogP contribution < -0.4 is 16.0 Å². The van der Waals surface area contributed by atoms with Crippen molar-refractivity contribution in [2.45, 2.75) is 82.5 Å². The third-order valence-electron chi connectivity index (χ3n) is 7.60. The molecule has 1 aromatic heterocycles. The quantitative estimate of drug-likeness (QED) is 0.452. The van der Waals surface area contributed by atoms with Gasteiger partial charge in [-0.15, -0.1) is 0 Å². The number of likely N-dealkylation sites (tertiary alicyclic amines) is 1. The molecule has 2 heterocycles. The van der Waals surface area contributed by atoms with Crippen LogP contribution in [0, 0.1) is 5.92 Å². The number of rotatable bonds is 8. The summed E-state index contributed by atoms with van der Waals surface area (Å²) in [5, 5.41) is 13.4. The molecule has 4 rings (SSSR count). The second-order valence-corrected chi connectivity index (χ2v) is 11.0. The van der Waals surface area contributed by atoms with Crippen molar-refractivity contribution in [1.82, 2.24) is 25.3 Å². The van der Waals surface area contributed by atoms with Crippen LogP contribution in [0.15, 0.2) is 35.0 Å². The fourth-order valence-electron chi connectivity index (χ4n) is 5.42. The highest BCUT2D eigenvalue weighted by Crippen LogP contribution is 2.31. The van der Waals surface area contributed by atoms with Gasteiger partial charge in [0, 0.05) is 19.0 Å². The summed E-state index contributed by atoms with van der Waals surface area (Å²) < 4.78 is 2.87. The summed E-state index contributed by atoms with van der Waals surface area (Å²) in [6, 6.07) is 0.202. The number of amides is 3. The van der Waals surface area contributed by atoms with Crippen LogP contribution in [0.1, 0.15) is 64.3 Å². The Bertz CT molecular complexity index is 1020. The Morgan fingerprint density at radius 1 is 1.14 bits per heavy atom. The summed E-state index contributed by atoms with van der Waals surface area (Å²) in [5.41, 5.74) is 0. The summed E-state index contributed by atoms with van der Waals surface area (Å²) in [6.45, 7) is 2.29. The van der Waals surface area contributed by atoms with E-state index in [-0.39, 0.29) is 29.7 Å². The van der Waals surface area contributed by atoms with Gasteiger partial charge in [-0.3, -0.25) is 14.4 Å². The minimum absolute atomic E-state index is 0.00366. The van der Waals surface area contributed by atoms with Crippen molar-refractivity contribution >= 4 is 39.5 Å². The molecule has 9 nitrogen and oxygen atoms in total. The van der Waals surface area contributed by atoms with E-state index in [1.807, 2.05) is 18.2 Å². The third kappa shape index (κ3) is 6.08. The molecule has 2 fully saturated rings. The molecule has 1 saturated heterocycles. The maximum atomic E-state index is 13.8. The number of nitrogens with one attached hydrogen (secondary N) is 3. The fraction of sp³-hybridized carbons (Fsp3) is 0.615. The maximum Gasteiger partial charge on any atom is 0.248 e. The van der Waals surface area contributed by atoms with Crippen LogP contribution in [-0.2, 0) is 14.4 Å². The number of carbonyl (C=O) groups excluding carboxylic acids is 3. The van der Waals surface area contributed by atoms with E-state index in [1.165, 1.54) is 0 Å². The molecule has 1 unspecified atom stereocenters. The first-order valence-electron chi connectivity index (χ1n) is 13.0. The van der Waals surface area contributed by atoms with Crippen LogP contribution in [0.2, 0.25) is 0 Å². The molecule has 1 aromatic rings. The lowest BCUT2D eigenvalue weighted by Gasteiger charge is -2.35. The molecule has 1 saturated carbocycles. The minimum Gasteiger partial charge on any atom is -0.343 e. The molecule has 0 aromatic carbocycles. The van der Waals surface area contributed by atoms with E-state index >= 15 is 0 Å². The molecule has 0 radical (unpaired) electrons. The standard InChI is InChI=1S/C26H37BrN6O3/c1-17(28-2)24(34)31-23(18-8-4-3-5-9-18)26(36)32-15-7-12-21(32)25(35)30-22-13-14-29-33(22)20-11-6-10-19(27)16-20/h6,10-11,13-14,17-18,20-21,23,28H,3-5,7-9,12,15-16H2,1-2H3,(H,30,35)(H,31,34)/t17-,20?,21-,23-/m0/s1. The van der Waals surface area contributed by atoms with Gasteiger partial charge in [-0.1, -0.05) is 53.4 Å². The van der Waals surface area contributed by atoms with E-state index in [1.54, 1.807) is 35.8 Å². The molecule has 196 valence electrons. The van der Waals surface area contributed by atoms with Gasteiger partial charge in [0.15, 0.2) is 0 Å². The average Bonchev–Trinajstić information content (AvgIpc) is 3.57. The zero-order valence-corrected chi connectivity index (χ0v) is 22.7. The highest BCUT2D eigenvalue weighted by Gasteiger charge is 2.41. The Morgan fingerprint density at radius 2 is 1.92 bits per heavy atom. The Kier molecular flexibility index (Phi) is 9.00. The molecule has 1 aliphatic heterocycles. The average molecular weight is 562 g/mol. The van der Waals surface area contributed by atoms with Gasteiger partial charge in [-0.25, -0.2) is 4.68 Å². The second-order valence-electron chi connectivity index (χ2n) is 10.0. The van der Waals surface area contributed by atoms with Crippen LogP contribution in [0.25, 0.3) is 0 Å². The first kappa shape index (κ1) is 26.6. The Balaban J connectivity index is 1.48. The number of allylic oxidation sites excluding steroid dienone is 4. The molecule has 2 aliphatic carbocycles. The monoisotopic (exact) mass is 560 g/mol. The van der Waals surface area contributed by atoms with E-state index in [4.69, 9.17) is 0 Å². The van der Waals surface area contributed by atoms with Gasteiger partial charge < -0.3 is 20.9 Å². The fourth-order valence-corrected chi connectivity index (χ4v) is 5.90. The molecule has 10 heteroatoms. The predicted octanol–water partition coefficient (Wildman–Crippen LogP) is 3.27. The SMILES string of the molecule is CN[C@@H](C)C(=O)N[C@H](C(=O)N1CCC[C@H]1C(=O)Nc1ccnn1C1C=CC=C(Br)C1)C1CCCCC1. The highest BCUT2D eigenvalue weighted by molar-refractivity contribution is 9.11. The van der Waals surface area contributed by atoms with Crippen molar-refractivity contribution in [3.63, 3.8) is 0 Å². The Labute approximate surface area is 221 Å². The highest BCUT2D eigenvalue weighted by atomic mass is 79.9. The van der Waals surface area contributed by atoms with Crippen molar-refractivity contribution in [3.05, 3.63) is 35.0 Å². The first-order chi connectivity index (χ1) is 17.4. The zero-order valence-electron chi connectivity index (χ0n) is 21.1. The molecule has 0 spiro atoms. The van der Waals surface area contributed by atoms with Crippen molar-refractivity contribution in [2.24, 2.45) is 5.92 Å². The lowest BCUT2D eigenvalue weighted by molar-refractivity contribution is -0.142. The Hall–Kier alpha value is -2.46. The normalized spacial score (nSPS) is 24.2. The summed E-state index contributed by atoms with van der Waals surface area (Å²) in [5.74, 6) is 0.153. The summed E-state index contributed by atoms with van der Waals surface area (Å²) >= 11 is 3.55. The zero-order chi connectivity index (χ0) is 25.7. The number of carbonyl (C=O) groups is 3. The number of halogens is 1. The van der Waals surface area contributed by atoms with Gasteiger partial charge in [0.05, 0.1) is 18.3 Å². The van der Waals surface area contributed by atoms with Crippen LogP contribution >= 0.6 is 15.9 Å². The number of aromatic nitrogens is 2. The van der Waals surface area contributed by atoms with Crippen molar-refractivity contribution in [3.8, 4) is 0 Å². The topological polar surface area (TPSA) is 108 Å². The molecule has 36 heavy (non-hydrogen) atoms. The molecule has 0 bridgehead atoms. The summed E-state index contributed by atoms with van der Waals surface area (Å²) in [6.07, 6.45) is 14.9. The maximum absolute atomic E-state index is 13.8. The lowest BCUT2D eigenvalue weighted by atomic mass is 9.83. The number of anilines is 1. The molecular formula is C26H37BrN6O3. The summed E-state index contributed by atoms with van der Waals surface area (Å²) in [7, 11) is 1.73. The van der Waals surface area contributed by atoms with E-state index in [0.29, 0.717) is 18.8 Å². The molecule has 3 N–H and O–H groups in total. The molecule has 3 amide bonds. The molecular weight excluding hydrogens is 524 g/mol. The number of hydrogen-bond donors (Lipinski definition) is 3. The third-order valence-corrected chi connectivity index (χ3v) is 8.19. The van der Waals surface area contributed by atoms with E-state index in [2.05, 4.69) is 37.0 Å². The van der Waals surface area contributed by atoms with Crippen molar-refractivity contribution in [2.75, 3.05) is 18.9 Å². The van der Waals surface area contributed by atoms with Crippen LogP contribution in [-0.4, -0.2) is 64.1 Å². The van der Waals surface area contributed by atoms with E-state index in [9.17, 15) is 14.4 Å². The minimum atomic E-state index is -0.607. The molecule has 3 aliphatic rings. The van der Waals surface area contributed by atoms with Gasteiger partial charge >= 0.3 is 0 Å².